The van der Waals surface area contributed by atoms with E-state index in [1.165, 1.54) is 19.3 Å². The molecule has 0 spiro atoms. The highest BCUT2D eigenvalue weighted by Gasteiger charge is 2.21. The van der Waals surface area contributed by atoms with Crippen molar-refractivity contribution in [2.75, 3.05) is 6.61 Å². The van der Waals surface area contributed by atoms with Gasteiger partial charge < -0.3 is 9.84 Å². The lowest BCUT2D eigenvalue weighted by molar-refractivity contribution is -0.148. The first kappa shape index (κ1) is 18.9. The number of carboxylic acid groups (broad SMARTS) is 1. The van der Waals surface area contributed by atoms with Gasteiger partial charge in [0, 0.05) is 6.42 Å². The maximum atomic E-state index is 11.7. The van der Waals surface area contributed by atoms with Crippen molar-refractivity contribution in [3.63, 3.8) is 0 Å². The maximum Gasteiger partial charge on any atom is 0.314 e. The molecule has 0 heterocycles. The molecule has 1 aromatic carbocycles. The fraction of sp³-hybridized carbons (Fsp3) is 0.474. The Morgan fingerprint density at radius 2 is 1.83 bits per heavy atom. The molecular weight excluding hydrogens is 292 g/mol. The topological polar surface area (TPSA) is 63.6 Å². The number of rotatable bonds is 11. The highest BCUT2D eigenvalue weighted by molar-refractivity contribution is 5.77. The van der Waals surface area contributed by atoms with E-state index in [1.54, 1.807) is 24.3 Å². The first-order chi connectivity index (χ1) is 11.1. The molecule has 4 heteroatoms. The summed E-state index contributed by atoms with van der Waals surface area (Å²) in [7, 11) is 0. The van der Waals surface area contributed by atoms with Crippen LogP contribution in [0.25, 0.3) is 0 Å². The molecule has 0 saturated heterocycles. The van der Waals surface area contributed by atoms with E-state index < -0.39 is 11.9 Å². The van der Waals surface area contributed by atoms with E-state index in [1.807, 2.05) is 12.1 Å². The molecule has 1 unspecified atom stereocenters. The molecule has 126 valence electrons. The predicted molar refractivity (Wildman–Crippen MR) is 90.3 cm³/mol. The predicted octanol–water partition coefficient (Wildman–Crippen LogP) is 4.31. The van der Waals surface area contributed by atoms with Crippen molar-refractivity contribution in [2.24, 2.45) is 0 Å². The summed E-state index contributed by atoms with van der Waals surface area (Å²) in [5.41, 5.74) is 0.642. The summed E-state index contributed by atoms with van der Waals surface area (Å²) in [6.07, 6.45) is 9.64. The van der Waals surface area contributed by atoms with Crippen LogP contribution < -0.4 is 0 Å². The van der Waals surface area contributed by atoms with Crippen molar-refractivity contribution in [3.8, 4) is 0 Å². The standard InChI is InChI=1S/C19H26O4/c1-2-3-4-5-6-7-11-14-18(20)23-15-17(19(21)22)16-12-9-8-10-13-16/h6-10,12-13,17H,2-5,11,14-15H2,1H3,(H,21,22)/b7-6-. The monoisotopic (exact) mass is 318 g/mol. The zero-order valence-electron chi connectivity index (χ0n) is 13.7. The van der Waals surface area contributed by atoms with Crippen molar-refractivity contribution in [3.05, 3.63) is 48.0 Å². The SMILES string of the molecule is CCCCC/C=C\CCC(=O)OCC(C(=O)O)c1ccccc1. The molecule has 23 heavy (non-hydrogen) atoms. The van der Waals surface area contributed by atoms with Crippen LogP contribution in [0.4, 0.5) is 0 Å². The molecule has 0 aliphatic carbocycles. The van der Waals surface area contributed by atoms with E-state index in [2.05, 4.69) is 13.0 Å². The molecule has 1 rings (SSSR count). The first-order valence-electron chi connectivity index (χ1n) is 8.23. The Kier molecular flexibility index (Phi) is 9.45. The van der Waals surface area contributed by atoms with Gasteiger partial charge in [0.1, 0.15) is 12.5 Å². The van der Waals surface area contributed by atoms with Gasteiger partial charge in [-0.05, 0) is 24.8 Å². The average Bonchev–Trinajstić information content (AvgIpc) is 2.55. The summed E-state index contributed by atoms with van der Waals surface area (Å²) >= 11 is 0. The smallest absolute Gasteiger partial charge is 0.314 e. The van der Waals surface area contributed by atoms with Gasteiger partial charge in [-0.1, -0.05) is 62.2 Å². The summed E-state index contributed by atoms with van der Waals surface area (Å²) in [5.74, 6) is -2.16. The lowest BCUT2D eigenvalue weighted by Gasteiger charge is -2.13. The van der Waals surface area contributed by atoms with Gasteiger partial charge in [0.05, 0.1) is 0 Å². The maximum absolute atomic E-state index is 11.7. The molecule has 0 aliphatic rings. The Bertz CT molecular complexity index is 493. The highest BCUT2D eigenvalue weighted by atomic mass is 16.5. The van der Waals surface area contributed by atoms with Crippen LogP contribution in [-0.4, -0.2) is 23.7 Å². The third-order valence-electron chi connectivity index (χ3n) is 3.57. The minimum atomic E-state index is -0.986. The van der Waals surface area contributed by atoms with Gasteiger partial charge in [0.25, 0.3) is 0 Å². The van der Waals surface area contributed by atoms with Crippen molar-refractivity contribution in [2.45, 2.75) is 51.4 Å². The Morgan fingerprint density at radius 3 is 2.48 bits per heavy atom. The van der Waals surface area contributed by atoms with Crippen LogP contribution in [0.15, 0.2) is 42.5 Å². The number of ether oxygens (including phenoxy) is 1. The molecule has 0 saturated carbocycles. The summed E-state index contributed by atoms with van der Waals surface area (Å²) < 4.78 is 5.11. The molecule has 1 atom stereocenters. The lowest BCUT2D eigenvalue weighted by atomic mass is 10.0. The molecular formula is C19H26O4. The molecule has 1 aromatic rings. The minimum Gasteiger partial charge on any atom is -0.481 e. The van der Waals surface area contributed by atoms with Crippen molar-refractivity contribution in [1.82, 2.24) is 0 Å². The minimum absolute atomic E-state index is 0.127. The molecule has 0 aliphatic heterocycles. The molecule has 0 fully saturated rings. The fourth-order valence-electron chi connectivity index (χ4n) is 2.19. The third kappa shape index (κ3) is 8.19. The lowest BCUT2D eigenvalue weighted by Crippen LogP contribution is -2.20. The molecule has 0 aromatic heterocycles. The number of carbonyl (C=O) groups excluding carboxylic acids is 1. The van der Waals surface area contributed by atoms with Crippen LogP contribution in [0.1, 0.15) is 56.9 Å². The van der Waals surface area contributed by atoms with Gasteiger partial charge in [-0.15, -0.1) is 0 Å². The number of allylic oxidation sites excluding steroid dienone is 2. The van der Waals surface area contributed by atoms with Gasteiger partial charge in [-0.2, -0.15) is 0 Å². The van der Waals surface area contributed by atoms with Gasteiger partial charge in [0.2, 0.25) is 0 Å². The van der Waals surface area contributed by atoms with E-state index in [-0.39, 0.29) is 19.0 Å². The van der Waals surface area contributed by atoms with Crippen molar-refractivity contribution < 1.29 is 19.4 Å². The molecule has 0 radical (unpaired) electrons. The zero-order chi connectivity index (χ0) is 16.9. The third-order valence-corrected chi connectivity index (χ3v) is 3.57. The second-order valence-electron chi connectivity index (χ2n) is 5.49. The van der Waals surface area contributed by atoms with Gasteiger partial charge >= 0.3 is 11.9 Å². The average molecular weight is 318 g/mol. The summed E-state index contributed by atoms with van der Waals surface area (Å²) in [6.45, 7) is 2.04. The number of unbranched alkanes of at least 4 members (excludes halogenated alkanes) is 3. The summed E-state index contributed by atoms with van der Waals surface area (Å²) in [5, 5.41) is 9.25. The second-order valence-corrected chi connectivity index (χ2v) is 5.49. The van der Waals surface area contributed by atoms with Crippen LogP contribution in [0.3, 0.4) is 0 Å². The van der Waals surface area contributed by atoms with E-state index in [4.69, 9.17) is 4.74 Å². The van der Waals surface area contributed by atoms with Crippen LogP contribution in [0, 0.1) is 0 Å². The number of carbonyl (C=O) groups is 2. The second kappa shape index (κ2) is 11.5. The van der Waals surface area contributed by atoms with Gasteiger partial charge in [-0.3, -0.25) is 9.59 Å². The van der Waals surface area contributed by atoms with Crippen molar-refractivity contribution in [1.29, 1.82) is 0 Å². The van der Waals surface area contributed by atoms with E-state index >= 15 is 0 Å². The van der Waals surface area contributed by atoms with Crippen LogP contribution in [-0.2, 0) is 14.3 Å². The normalized spacial score (nSPS) is 12.2. The van der Waals surface area contributed by atoms with E-state index in [9.17, 15) is 14.7 Å². The Morgan fingerprint density at radius 1 is 1.13 bits per heavy atom. The summed E-state index contributed by atoms with van der Waals surface area (Å²) in [4.78, 5) is 23.0. The number of carboxylic acids is 1. The number of aliphatic carboxylic acids is 1. The largest absolute Gasteiger partial charge is 0.481 e. The quantitative estimate of drug-likeness (QED) is 0.375. The van der Waals surface area contributed by atoms with Crippen LogP contribution in [0.2, 0.25) is 0 Å². The van der Waals surface area contributed by atoms with Crippen molar-refractivity contribution >= 4 is 11.9 Å². The van der Waals surface area contributed by atoms with Gasteiger partial charge in [-0.25, -0.2) is 0 Å². The Balaban J connectivity index is 2.29. The fourth-order valence-corrected chi connectivity index (χ4v) is 2.19. The van der Waals surface area contributed by atoms with Crippen LogP contribution in [0.5, 0.6) is 0 Å². The zero-order valence-corrected chi connectivity index (χ0v) is 13.7. The van der Waals surface area contributed by atoms with E-state index in [0.29, 0.717) is 12.0 Å². The summed E-state index contributed by atoms with van der Waals surface area (Å²) in [6, 6.07) is 8.82. The molecule has 1 N–H and O–H groups in total. The number of benzene rings is 1. The Hall–Kier alpha value is -2.10. The molecule has 0 amide bonds. The number of hydrogen-bond donors (Lipinski definition) is 1. The molecule has 4 nitrogen and oxygen atoms in total. The van der Waals surface area contributed by atoms with Crippen LogP contribution >= 0.6 is 0 Å². The Labute approximate surface area is 138 Å². The number of hydrogen-bond acceptors (Lipinski definition) is 3. The van der Waals surface area contributed by atoms with E-state index in [0.717, 1.165) is 6.42 Å². The highest BCUT2D eigenvalue weighted by Crippen LogP contribution is 2.16. The number of esters is 1. The first-order valence-corrected chi connectivity index (χ1v) is 8.23. The molecule has 0 bridgehead atoms. The van der Waals surface area contributed by atoms with Gasteiger partial charge in [0.15, 0.2) is 0 Å².